The molecule has 1 fully saturated rings. The van der Waals surface area contributed by atoms with Crippen LogP contribution in [0, 0.1) is 0 Å². The Kier molecular flexibility index (Phi) is 5.80. The number of ketones is 1. The molecule has 5 rings (SSSR count). The first-order valence-corrected chi connectivity index (χ1v) is 11.1. The Balaban J connectivity index is 1.47. The zero-order valence-electron chi connectivity index (χ0n) is 18.7. The number of amides is 2. The monoisotopic (exact) mass is 466 g/mol. The first-order chi connectivity index (χ1) is 17.0. The fraction of sp³-hybridized carbons (Fsp3) is 0.115. The smallest absolute Gasteiger partial charge is 0.254 e. The van der Waals surface area contributed by atoms with Crippen molar-refractivity contribution in [3.8, 4) is 0 Å². The molecule has 9 nitrogen and oxygen atoms in total. The fourth-order valence-electron chi connectivity index (χ4n) is 4.01. The number of para-hydroxylation sites is 2. The average molecular weight is 467 g/mol. The van der Waals surface area contributed by atoms with Crippen molar-refractivity contribution < 1.29 is 14.4 Å². The van der Waals surface area contributed by atoms with E-state index >= 15 is 0 Å². The summed E-state index contributed by atoms with van der Waals surface area (Å²) in [5.41, 5.74) is 8.19. The molecule has 0 unspecified atom stereocenters. The molecule has 0 saturated carbocycles. The van der Waals surface area contributed by atoms with Crippen LogP contribution in [0.25, 0.3) is 10.9 Å². The maximum Gasteiger partial charge on any atom is 0.254 e. The van der Waals surface area contributed by atoms with Crippen molar-refractivity contribution in [3.63, 3.8) is 0 Å². The fourth-order valence-corrected chi connectivity index (χ4v) is 4.01. The van der Waals surface area contributed by atoms with Gasteiger partial charge in [-0.05, 0) is 42.5 Å². The van der Waals surface area contributed by atoms with Crippen LogP contribution in [-0.2, 0) is 4.79 Å². The van der Waals surface area contributed by atoms with Crippen LogP contribution < -0.4 is 16.4 Å². The highest BCUT2D eigenvalue weighted by molar-refractivity contribution is 6.01. The molecule has 4 aromatic rings. The highest BCUT2D eigenvalue weighted by Gasteiger charge is 2.25. The molecule has 9 heteroatoms. The number of carbonyl (C=O) groups excluding carboxylic acids is 3. The Labute approximate surface area is 201 Å². The number of nitrogens with zero attached hydrogens (tertiary/aromatic N) is 3. The lowest BCUT2D eigenvalue weighted by Crippen LogP contribution is -2.28. The summed E-state index contributed by atoms with van der Waals surface area (Å²) >= 11 is 0. The van der Waals surface area contributed by atoms with Gasteiger partial charge in [0.15, 0.2) is 5.78 Å². The number of nitrogens with one attached hydrogen (secondary N) is 2. The number of Topliss-reactive ketones (excluding diaryl/α,β-unsaturated/α-hetero) is 1. The topological polar surface area (TPSA) is 130 Å². The number of hydrogen-bond donors (Lipinski definition) is 3. The van der Waals surface area contributed by atoms with Crippen molar-refractivity contribution in [1.82, 2.24) is 14.9 Å². The first kappa shape index (κ1) is 22.0. The lowest BCUT2D eigenvalue weighted by molar-refractivity contribution is -0.116. The van der Waals surface area contributed by atoms with Crippen molar-refractivity contribution in [2.24, 2.45) is 5.73 Å². The van der Waals surface area contributed by atoms with Crippen LogP contribution >= 0.6 is 0 Å². The third-order valence-corrected chi connectivity index (χ3v) is 5.73. The van der Waals surface area contributed by atoms with Gasteiger partial charge in [-0.2, -0.15) is 4.98 Å². The number of rotatable bonds is 6. The van der Waals surface area contributed by atoms with Crippen LogP contribution in [0.15, 0.2) is 72.8 Å². The van der Waals surface area contributed by atoms with Crippen molar-refractivity contribution >= 4 is 51.6 Å². The number of benzene rings is 3. The molecule has 0 spiro atoms. The van der Waals surface area contributed by atoms with E-state index in [1.807, 2.05) is 24.3 Å². The summed E-state index contributed by atoms with van der Waals surface area (Å²) in [6.45, 7) is 0.580. The van der Waals surface area contributed by atoms with Crippen molar-refractivity contribution in [2.75, 3.05) is 23.7 Å². The van der Waals surface area contributed by atoms with Crippen molar-refractivity contribution in [2.45, 2.75) is 6.42 Å². The quantitative estimate of drug-likeness (QED) is 0.395. The van der Waals surface area contributed by atoms with E-state index in [1.165, 1.54) is 0 Å². The summed E-state index contributed by atoms with van der Waals surface area (Å²) in [5.74, 6) is 0.129. The van der Waals surface area contributed by atoms with Gasteiger partial charge < -0.3 is 21.3 Å². The molecule has 2 amide bonds. The second-order valence-electron chi connectivity index (χ2n) is 8.17. The Hall–Kier alpha value is -4.79. The van der Waals surface area contributed by atoms with E-state index in [0.717, 1.165) is 5.39 Å². The Morgan fingerprint density at radius 1 is 0.914 bits per heavy atom. The number of aromatic nitrogens is 2. The number of primary amides is 1. The molecule has 0 bridgehead atoms. The summed E-state index contributed by atoms with van der Waals surface area (Å²) < 4.78 is 0. The van der Waals surface area contributed by atoms with E-state index in [-0.39, 0.29) is 18.2 Å². The van der Waals surface area contributed by atoms with E-state index in [1.54, 1.807) is 53.4 Å². The van der Waals surface area contributed by atoms with Gasteiger partial charge in [0, 0.05) is 29.6 Å². The zero-order valence-corrected chi connectivity index (χ0v) is 18.7. The van der Waals surface area contributed by atoms with E-state index in [2.05, 4.69) is 20.6 Å². The van der Waals surface area contributed by atoms with Crippen LogP contribution in [0.1, 0.15) is 27.1 Å². The van der Waals surface area contributed by atoms with Crippen LogP contribution in [-0.4, -0.2) is 45.6 Å². The summed E-state index contributed by atoms with van der Waals surface area (Å²) in [5, 5.41) is 7.14. The highest BCUT2D eigenvalue weighted by Crippen LogP contribution is 2.28. The van der Waals surface area contributed by atoms with Crippen LogP contribution in [0.4, 0.5) is 23.1 Å². The van der Waals surface area contributed by atoms with Gasteiger partial charge in [0.1, 0.15) is 5.82 Å². The highest BCUT2D eigenvalue weighted by atomic mass is 16.2. The largest absolute Gasteiger partial charge is 0.366 e. The molecular weight excluding hydrogens is 444 g/mol. The molecular formula is C26H22N6O3. The number of likely N-dealkylation sites (tertiary alicyclic amines) is 1. The summed E-state index contributed by atoms with van der Waals surface area (Å²) in [4.78, 5) is 47.0. The third-order valence-electron chi connectivity index (χ3n) is 5.73. The normalized spacial score (nSPS) is 13.1. The molecule has 2 heterocycles. The molecule has 4 N–H and O–H groups in total. The van der Waals surface area contributed by atoms with Gasteiger partial charge >= 0.3 is 0 Å². The first-order valence-electron chi connectivity index (χ1n) is 11.1. The van der Waals surface area contributed by atoms with Gasteiger partial charge in [0.25, 0.3) is 11.8 Å². The summed E-state index contributed by atoms with van der Waals surface area (Å²) in [6.07, 6.45) is 0.392. The van der Waals surface area contributed by atoms with Gasteiger partial charge in [-0.15, -0.1) is 0 Å². The van der Waals surface area contributed by atoms with Crippen LogP contribution in [0.3, 0.4) is 0 Å². The average Bonchev–Trinajstić information content (AvgIpc) is 3.30. The molecule has 1 aliphatic heterocycles. The molecule has 0 atom stereocenters. The van der Waals surface area contributed by atoms with Crippen LogP contribution in [0.5, 0.6) is 0 Å². The summed E-state index contributed by atoms with van der Waals surface area (Å²) in [7, 11) is 0. The van der Waals surface area contributed by atoms with Gasteiger partial charge in [-0.25, -0.2) is 4.98 Å². The van der Waals surface area contributed by atoms with E-state index in [0.29, 0.717) is 52.8 Å². The van der Waals surface area contributed by atoms with Crippen molar-refractivity contribution in [3.05, 3.63) is 83.9 Å². The molecule has 1 saturated heterocycles. The molecule has 174 valence electrons. The Morgan fingerprint density at radius 2 is 1.71 bits per heavy atom. The minimum Gasteiger partial charge on any atom is -0.366 e. The minimum atomic E-state index is -0.550. The van der Waals surface area contributed by atoms with Crippen molar-refractivity contribution in [1.29, 1.82) is 0 Å². The number of hydrogen-bond acceptors (Lipinski definition) is 7. The predicted molar refractivity (Wildman–Crippen MR) is 133 cm³/mol. The third kappa shape index (κ3) is 4.65. The van der Waals surface area contributed by atoms with Crippen LogP contribution in [0.2, 0.25) is 0 Å². The van der Waals surface area contributed by atoms with E-state index < -0.39 is 5.91 Å². The molecule has 3 aromatic carbocycles. The molecule has 35 heavy (non-hydrogen) atoms. The Bertz CT molecular complexity index is 1470. The standard InChI is InChI=1S/C26H22N6O3/c27-23(34)19-8-1-3-10-21(19)29-24-20-9-2-4-11-22(20)30-26(31-24)28-17-7-5-6-16(14-17)25(35)32-13-12-18(33)15-32/h1-11,14H,12-13,15H2,(H2,27,34)(H2,28,29,30,31). The minimum absolute atomic E-state index is 0.0649. The second kappa shape index (κ2) is 9.22. The number of carbonyl (C=O) groups is 3. The lowest BCUT2D eigenvalue weighted by atomic mass is 10.1. The van der Waals surface area contributed by atoms with Gasteiger partial charge in [0.05, 0.1) is 23.3 Å². The van der Waals surface area contributed by atoms with Gasteiger partial charge in [0.2, 0.25) is 5.95 Å². The number of fused-ring (bicyclic) bond motifs is 1. The number of anilines is 4. The molecule has 0 aliphatic carbocycles. The van der Waals surface area contributed by atoms with Gasteiger partial charge in [-0.1, -0.05) is 30.3 Å². The van der Waals surface area contributed by atoms with Gasteiger partial charge in [-0.3, -0.25) is 14.4 Å². The predicted octanol–water partition coefficient (Wildman–Crippen LogP) is 3.63. The van der Waals surface area contributed by atoms with E-state index in [4.69, 9.17) is 5.73 Å². The van der Waals surface area contributed by atoms with E-state index in [9.17, 15) is 14.4 Å². The summed E-state index contributed by atoms with van der Waals surface area (Å²) in [6, 6.07) is 21.4. The molecule has 0 radical (unpaired) electrons. The SMILES string of the molecule is NC(=O)c1ccccc1Nc1nc(Nc2cccc(C(=O)N3CCC(=O)C3)c2)nc2ccccc12. The second-order valence-corrected chi connectivity index (χ2v) is 8.17. The maximum atomic E-state index is 12.8. The number of nitrogens with two attached hydrogens (primary N) is 1. The molecule has 1 aliphatic rings. The Morgan fingerprint density at radius 3 is 2.51 bits per heavy atom. The maximum absolute atomic E-state index is 12.8. The molecule has 1 aromatic heterocycles. The zero-order chi connectivity index (χ0) is 24.4. The lowest BCUT2D eigenvalue weighted by Gasteiger charge is -2.16.